The Hall–Kier alpha value is -0.330. The first-order valence-electron chi connectivity index (χ1n) is 6.50. The maximum atomic E-state index is 12.4. The molecule has 20 heavy (non-hydrogen) atoms. The fourth-order valence-corrected chi connectivity index (χ4v) is 4.43. The van der Waals surface area contributed by atoms with Gasteiger partial charge in [-0.25, -0.2) is 12.7 Å². The van der Waals surface area contributed by atoms with Crippen LogP contribution in [0.15, 0.2) is 18.2 Å². The molecule has 1 aromatic rings. The number of sulfonamides is 1. The number of benzene rings is 1. The van der Waals surface area contributed by atoms with Crippen LogP contribution in [0.5, 0.6) is 0 Å². The van der Waals surface area contributed by atoms with Crippen LogP contribution in [0, 0.1) is 0 Å². The molecule has 0 atom stereocenters. The molecule has 112 valence electrons. The van der Waals surface area contributed by atoms with Crippen LogP contribution < -0.4 is 5.32 Å². The predicted octanol–water partition coefficient (Wildman–Crippen LogP) is 2.51. The summed E-state index contributed by atoms with van der Waals surface area (Å²) in [5.74, 6) is -0.0757. The fraction of sp³-hybridized carbons (Fsp3) is 0.538. The number of piperidine rings is 1. The van der Waals surface area contributed by atoms with Gasteiger partial charge in [0, 0.05) is 23.1 Å². The van der Waals surface area contributed by atoms with E-state index in [2.05, 4.69) is 5.32 Å². The van der Waals surface area contributed by atoms with Crippen molar-refractivity contribution >= 4 is 33.2 Å². The standard InChI is InChI=1S/C13H18Cl2N2O2S/c1-17(13-2-4-16-5-3-13)20(18,19)9-10-6-11(14)8-12(15)7-10/h6-8,13,16H,2-5,9H2,1H3. The Labute approximate surface area is 130 Å². The molecule has 1 aliphatic rings. The second kappa shape index (κ2) is 6.62. The largest absolute Gasteiger partial charge is 0.317 e. The first-order valence-corrected chi connectivity index (χ1v) is 8.86. The summed E-state index contributed by atoms with van der Waals surface area (Å²) in [5.41, 5.74) is 0.614. The fourth-order valence-electron chi connectivity index (χ4n) is 2.40. The molecule has 0 spiro atoms. The van der Waals surface area contributed by atoms with Crippen molar-refractivity contribution < 1.29 is 8.42 Å². The zero-order chi connectivity index (χ0) is 14.8. The maximum absolute atomic E-state index is 12.4. The summed E-state index contributed by atoms with van der Waals surface area (Å²) in [6, 6.07) is 4.94. The molecule has 1 aromatic carbocycles. The first kappa shape index (κ1) is 16.0. The molecule has 0 unspecified atom stereocenters. The van der Waals surface area contributed by atoms with Crippen LogP contribution in [0.2, 0.25) is 10.0 Å². The third kappa shape index (κ3) is 4.09. The molecule has 0 radical (unpaired) electrons. The minimum Gasteiger partial charge on any atom is -0.317 e. The van der Waals surface area contributed by atoms with E-state index in [0.29, 0.717) is 15.6 Å². The topological polar surface area (TPSA) is 49.4 Å². The molecule has 0 aliphatic carbocycles. The molecule has 1 heterocycles. The average Bonchev–Trinajstić information content (AvgIpc) is 2.37. The van der Waals surface area contributed by atoms with Crippen molar-refractivity contribution in [2.75, 3.05) is 20.1 Å². The quantitative estimate of drug-likeness (QED) is 0.918. The number of hydrogen-bond donors (Lipinski definition) is 1. The van der Waals surface area contributed by atoms with Crippen LogP contribution >= 0.6 is 23.2 Å². The molecule has 1 aliphatic heterocycles. The van der Waals surface area contributed by atoms with Crippen LogP contribution in [-0.4, -0.2) is 38.9 Å². The zero-order valence-corrected chi connectivity index (χ0v) is 13.6. The molecule has 0 amide bonds. The van der Waals surface area contributed by atoms with Crippen molar-refractivity contribution in [2.24, 2.45) is 0 Å². The number of hydrogen-bond acceptors (Lipinski definition) is 3. The molecule has 1 saturated heterocycles. The van der Waals surface area contributed by atoms with E-state index in [0.717, 1.165) is 25.9 Å². The lowest BCUT2D eigenvalue weighted by molar-refractivity contribution is 0.296. The van der Waals surface area contributed by atoms with E-state index in [1.54, 1.807) is 25.2 Å². The van der Waals surface area contributed by atoms with E-state index in [1.165, 1.54) is 4.31 Å². The number of nitrogens with zero attached hydrogens (tertiary/aromatic N) is 1. The minimum atomic E-state index is -3.36. The summed E-state index contributed by atoms with van der Waals surface area (Å²) in [6.07, 6.45) is 1.68. The third-order valence-electron chi connectivity index (χ3n) is 3.53. The van der Waals surface area contributed by atoms with Gasteiger partial charge in [0.15, 0.2) is 0 Å². The lowest BCUT2D eigenvalue weighted by Gasteiger charge is -2.30. The Kier molecular flexibility index (Phi) is 5.31. The van der Waals surface area contributed by atoms with E-state index < -0.39 is 10.0 Å². The Morgan fingerprint density at radius 3 is 2.30 bits per heavy atom. The molecular weight excluding hydrogens is 319 g/mol. The molecule has 2 rings (SSSR count). The zero-order valence-electron chi connectivity index (χ0n) is 11.3. The first-order chi connectivity index (χ1) is 9.38. The van der Waals surface area contributed by atoms with Gasteiger partial charge in [-0.1, -0.05) is 23.2 Å². The van der Waals surface area contributed by atoms with Crippen LogP contribution in [-0.2, 0) is 15.8 Å². The normalized spacial score (nSPS) is 17.6. The second-order valence-corrected chi connectivity index (χ2v) is 7.93. The predicted molar refractivity (Wildman–Crippen MR) is 82.7 cm³/mol. The van der Waals surface area contributed by atoms with Gasteiger partial charge in [0.05, 0.1) is 5.75 Å². The van der Waals surface area contributed by atoms with E-state index in [1.807, 2.05) is 0 Å². The highest BCUT2D eigenvalue weighted by atomic mass is 35.5. The molecule has 0 saturated carbocycles. The van der Waals surface area contributed by atoms with Gasteiger partial charge in [-0.2, -0.15) is 0 Å². The van der Waals surface area contributed by atoms with Crippen molar-refractivity contribution in [3.8, 4) is 0 Å². The number of rotatable bonds is 4. The van der Waals surface area contributed by atoms with Gasteiger partial charge >= 0.3 is 0 Å². The SMILES string of the molecule is CN(C1CCNCC1)S(=O)(=O)Cc1cc(Cl)cc(Cl)c1. The van der Waals surface area contributed by atoms with Crippen molar-refractivity contribution in [3.63, 3.8) is 0 Å². The molecule has 0 bridgehead atoms. The van der Waals surface area contributed by atoms with E-state index >= 15 is 0 Å². The molecule has 1 fully saturated rings. The Bertz CT molecular complexity index is 551. The third-order valence-corrected chi connectivity index (χ3v) is 5.84. The summed E-state index contributed by atoms with van der Waals surface area (Å²) in [4.78, 5) is 0. The van der Waals surface area contributed by atoms with Crippen molar-refractivity contribution in [1.82, 2.24) is 9.62 Å². The van der Waals surface area contributed by atoms with Crippen molar-refractivity contribution in [3.05, 3.63) is 33.8 Å². The van der Waals surface area contributed by atoms with Crippen molar-refractivity contribution in [1.29, 1.82) is 0 Å². The highest BCUT2D eigenvalue weighted by molar-refractivity contribution is 7.88. The second-order valence-electron chi connectivity index (χ2n) is 5.03. The van der Waals surface area contributed by atoms with Crippen LogP contribution in [0.1, 0.15) is 18.4 Å². The highest BCUT2D eigenvalue weighted by Gasteiger charge is 2.27. The summed E-state index contributed by atoms with van der Waals surface area (Å²) in [7, 11) is -1.71. The van der Waals surface area contributed by atoms with Gasteiger partial charge in [-0.05, 0) is 49.7 Å². The van der Waals surface area contributed by atoms with Crippen LogP contribution in [0.4, 0.5) is 0 Å². The smallest absolute Gasteiger partial charge is 0.218 e. The molecule has 7 heteroatoms. The van der Waals surface area contributed by atoms with E-state index in [9.17, 15) is 8.42 Å². The van der Waals surface area contributed by atoms with Gasteiger partial charge in [0.2, 0.25) is 10.0 Å². The van der Waals surface area contributed by atoms with Gasteiger partial charge in [0.25, 0.3) is 0 Å². The molecule has 1 N–H and O–H groups in total. The summed E-state index contributed by atoms with van der Waals surface area (Å²) < 4.78 is 26.4. The Morgan fingerprint density at radius 1 is 1.20 bits per heavy atom. The van der Waals surface area contributed by atoms with Crippen LogP contribution in [0.25, 0.3) is 0 Å². The molecule has 0 aromatic heterocycles. The van der Waals surface area contributed by atoms with E-state index in [-0.39, 0.29) is 11.8 Å². The van der Waals surface area contributed by atoms with Gasteiger partial charge < -0.3 is 5.32 Å². The Balaban J connectivity index is 2.13. The number of halogens is 2. The molecule has 4 nitrogen and oxygen atoms in total. The monoisotopic (exact) mass is 336 g/mol. The van der Waals surface area contributed by atoms with Gasteiger partial charge in [-0.3, -0.25) is 0 Å². The summed E-state index contributed by atoms with van der Waals surface area (Å²) >= 11 is 11.8. The minimum absolute atomic E-state index is 0.0657. The highest BCUT2D eigenvalue weighted by Crippen LogP contribution is 2.23. The maximum Gasteiger partial charge on any atom is 0.218 e. The van der Waals surface area contributed by atoms with Gasteiger partial charge in [0.1, 0.15) is 0 Å². The van der Waals surface area contributed by atoms with E-state index in [4.69, 9.17) is 23.2 Å². The van der Waals surface area contributed by atoms with Gasteiger partial charge in [-0.15, -0.1) is 0 Å². The summed E-state index contributed by atoms with van der Waals surface area (Å²) in [6.45, 7) is 1.71. The molecular formula is C13H18Cl2N2O2S. The lowest BCUT2D eigenvalue weighted by Crippen LogP contribution is -2.44. The average molecular weight is 337 g/mol. The Morgan fingerprint density at radius 2 is 1.75 bits per heavy atom. The lowest BCUT2D eigenvalue weighted by atomic mass is 10.1. The van der Waals surface area contributed by atoms with Crippen molar-refractivity contribution in [2.45, 2.75) is 24.6 Å². The number of nitrogens with one attached hydrogen (secondary N) is 1. The summed E-state index contributed by atoms with van der Waals surface area (Å²) in [5, 5.41) is 4.13. The van der Waals surface area contributed by atoms with Crippen LogP contribution in [0.3, 0.4) is 0 Å².